The summed E-state index contributed by atoms with van der Waals surface area (Å²) in [6, 6.07) is 18.6. The van der Waals surface area contributed by atoms with Crippen LogP contribution in [0.4, 0.5) is 0 Å². The molecule has 1 aromatic heterocycles. The molecule has 2 aromatic carbocycles. The van der Waals surface area contributed by atoms with Gasteiger partial charge in [0.2, 0.25) is 5.91 Å². The Bertz CT molecular complexity index is 1300. The van der Waals surface area contributed by atoms with Crippen molar-refractivity contribution in [2.75, 3.05) is 14.1 Å². The van der Waals surface area contributed by atoms with E-state index in [1.165, 1.54) is 11.0 Å². The Morgan fingerprint density at radius 1 is 1.00 bits per heavy atom. The molecule has 0 aliphatic rings. The number of hydrogen-bond donors (Lipinski definition) is 0. The number of rotatable bonds is 7. The van der Waals surface area contributed by atoms with Gasteiger partial charge < -0.3 is 4.90 Å². The van der Waals surface area contributed by atoms with Crippen molar-refractivity contribution in [3.05, 3.63) is 92.3 Å². The predicted molar refractivity (Wildman–Crippen MR) is 123 cm³/mol. The number of amides is 1. The number of nitriles is 1. The highest BCUT2D eigenvalue weighted by Gasteiger charge is 2.17. The molecule has 0 aliphatic heterocycles. The number of carbonyl (C=O) groups excluding carboxylic acids is 1. The molecular formula is C25H26N4O3. The van der Waals surface area contributed by atoms with Crippen LogP contribution in [0.5, 0.6) is 0 Å². The summed E-state index contributed by atoms with van der Waals surface area (Å²) in [5.41, 5.74) is 2.65. The first kappa shape index (κ1) is 22.8. The third-order valence-electron chi connectivity index (χ3n) is 5.35. The zero-order valence-corrected chi connectivity index (χ0v) is 18.5. The lowest BCUT2D eigenvalue weighted by molar-refractivity contribution is -0.129. The van der Waals surface area contributed by atoms with Crippen molar-refractivity contribution >= 4 is 5.91 Å². The van der Waals surface area contributed by atoms with Crippen molar-refractivity contribution in [3.63, 3.8) is 0 Å². The minimum Gasteiger partial charge on any atom is -0.347 e. The van der Waals surface area contributed by atoms with Gasteiger partial charge in [0, 0.05) is 25.9 Å². The molecular weight excluding hydrogens is 404 g/mol. The average Bonchev–Trinajstić information content (AvgIpc) is 2.79. The molecule has 0 saturated carbocycles. The van der Waals surface area contributed by atoms with Gasteiger partial charge in [-0.1, -0.05) is 55.8 Å². The fourth-order valence-electron chi connectivity index (χ4n) is 3.62. The van der Waals surface area contributed by atoms with Crippen molar-refractivity contribution < 1.29 is 4.79 Å². The molecule has 164 valence electrons. The maximum Gasteiger partial charge on any atom is 0.331 e. The Balaban J connectivity index is 2.16. The van der Waals surface area contributed by atoms with Crippen LogP contribution < -0.4 is 11.2 Å². The fraction of sp³-hybridized carbons (Fsp3) is 0.280. The van der Waals surface area contributed by atoms with Crippen molar-refractivity contribution in [2.24, 2.45) is 0 Å². The zero-order chi connectivity index (χ0) is 23.3. The molecule has 0 spiro atoms. The number of aromatic nitrogens is 2. The third-order valence-corrected chi connectivity index (χ3v) is 5.35. The normalized spacial score (nSPS) is 10.6. The lowest BCUT2D eigenvalue weighted by Gasteiger charge is -2.18. The van der Waals surface area contributed by atoms with Crippen molar-refractivity contribution in [2.45, 2.75) is 32.9 Å². The van der Waals surface area contributed by atoms with E-state index in [1.54, 1.807) is 24.7 Å². The minimum absolute atomic E-state index is 0.223. The van der Waals surface area contributed by atoms with Crippen molar-refractivity contribution in [1.82, 2.24) is 14.0 Å². The van der Waals surface area contributed by atoms with E-state index >= 15 is 0 Å². The lowest BCUT2D eigenvalue weighted by Crippen LogP contribution is -2.44. The second kappa shape index (κ2) is 9.92. The molecule has 3 aromatic rings. The fourth-order valence-corrected chi connectivity index (χ4v) is 3.62. The molecule has 0 bridgehead atoms. The SMILES string of the molecule is CCCc1cc(=O)n(CC(=O)N(C)C)c(=O)n1Cc1ccccc1-c1ccccc1C#N. The second-order valence-corrected chi connectivity index (χ2v) is 7.78. The molecule has 3 rings (SSSR count). The molecule has 1 heterocycles. The van der Waals surface area contributed by atoms with Crippen molar-refractivity contribution in [3.8, 4) is 17.2 Å². The highest BCUT2D eigenvalue weighted by atomic mass is 16.2. The first-order valence-corrected chi connectivity index (χ1v) is 10.5. The number of nitrogens with zero attached hydrogens (tertiary/aromatic N) is 4. The van der Waals surface area contributed by atoms with E-state index < -0.39 is 11.2 Å². The Kier molecular flexibility index (Phi) is 7.06. The maximum absolute atomic E-state index is 13.3. The summed E-state index contributed by atoms with van der Waals surface area (Å²) >= 11 is 0. The second-order valence-electron chi connectivity index (χ2n) is 7.78. The van der Waals surface area contributed by atoms with Crippen LogP contribution in [0.3, 0.4) is 0 Å². The van der Waals surface area contributed by atoms with Crippen LogP contribution in [0, 0.1) is 11.3 Å². The summed E-state index contributed by atoms with van der Waals surface area (Å²) in [5, 5.41) is 9.54. The van der Waals surface area contributed by atoms with Gasteiger partial charge in [-0.15, -0.1) is 0 Å². The summed E-state index contributed by atoms with van der Waals surface area (Å²) in [4.78, 5) is 39.5. The molecule has 32 heavy (non-hydrogen) atoms. The summed E-state index contributed by atoms with van der Waals surface area (Å²) in [5.74, 6) is -0.331. The largest absolute Gasteiger partial charge is 0.347 e. The minimum atomic E-state index is -0.514. The lowest BCUT2D eigenvalue weighted by atomic mass is 9.95. The van der Waals surface area contributed by atoms with Crippen LogP contribution >= 0.6 is 0 Å². The van der Waals surface area contributed by atoms with Gasteiger partial charge in [0.15, 0.2) is 0 Å². The highest BCUT2D eigenvalue weighted by Crippen LogP contribution is 2.27. The van der Waals surface area contributed by atoms with Crippen LogP contribution in [0.2, 0.25) is 0 Å². The molecule has 0 saturated heterocycles. The number of benzene rings is 2. The number of aryl methyl sites for hydroxylation is 1. The van der Waals surface area contributed by atoms with Crippen LogP contribution in [-0.4, -0.2) is 34.0 Å². The van der Waals surface area contributed by atoms with Gasteiger partial charge in [0.1, 0.15) is 6.54 Å². The molecule has 0 aliphatic carbocycles. The maximum atomic E-state index is 13.3. The van der Waals surface area contributed by atoms with E-state index in [2.05, 4.69) is 6.07 Å². The van der Waals surface area contributed by atoms with Gasteiger partial charge in [-0.2, -0.15) is 5.26 Å². The van der Waals surface area contributed by atoms with Gasteiger partial charge >= 0.3 is 5.69 Å². The summed E-state index contributed by atoms with van der Waals surface area (Å²) in [6.07, 6.45) is 1.32. The van der Waals surface area contributed by atoms with Crippen LogP contribution in [0.15, 0.2) is 64.2 Å². The third kappa shape index (κ3) is 4.70. The quantitative estimate of drug-likeness (QED) is 0.576. The Morgan fingerprint density at radius 2 is 1.66 bits per heavy atom. The molecule has 0 N–H and O–H groups in total. The zero-order valence-electron chi connectivity index (χ0n) is 18.5. The van der Waals surface area contributed by atoms with Gasteiger partial charge in [0.25, 0.3) is 5.56 Å². The van der Waals surface area contributed by atoms with E-state index in [0.29, 0.717) is 17.7 Å². The van der Waals surface area contributed by atoms with E-state index in [-0.39, 0.29) is 19.0 Å². The van der Waals surface area contributed by atoms with Crippen LogP contribution in [0.1, 0.15) is 30.2 Å². The Labute approximate surface area is 186 Å². The molecule has 0 radical (unpaired) electrons. The summed E-state index contributed by atoms with van der Waals surface area (Å²) in [7, 11) is 3.17. The number of likely N-dealkylation sites (N-methyl/N-ethyl adjacent to an activating group) is 1. The molecule has 0 unspecified atom stereocenters. The number of carbonyl (C=O) groups is 1. The first-order chi connectivity index (χ1) is 15.4. The monoisotopic (exact) mass is 430 g/mol. The molecule has 0 atom stereocenters. The van der Waals surface area contributed by atoms with Crippen LogP contribution in [0.25, 0.3) is 11.1 Å². The van der Waals surface area contributed by atoms with Gasteiger partial charge in [0.05, 0.1) is 18.2 Å². The topological polar surface area (TPSA) is 88.1 Å². The first-order valence-electron chi connectivity index (χ1n) is 10.5. The van der Waals surface area contributed by atoms with E-state index in [4.69, 9.17) is 0 Å². The predicted octanol–water partition coefficient (Wildman–Crippen LogP) is 2.64. The van der Waals surface area contributed by atoms with Crippen molar-refractivity contribution in [1.29, 1.82) is 5.26 Å². The number of hydrogen-bond acceptors (Lipinski definition) is 4. The molecule has 7 heteroatoms. The summed E-state index contributed by atoms with van der Waals surface area (Å²) < 4.78 is 2.54. The van der Waals surface area contributed by atoms with Gasteiger partial charge in [-0.05, 0) is 29.2 Å². The molecule has 0 fully saturated rings. The Hall–Kier alpha value is -3.92. The summed E-state index contributed by atoms with van der Waals surface area (Å²) in [6.45, 7) is 1.89. The highest BCUT2D eigenvalue weighted by molar-refractivity contribution is 5.75. The van der Waals surface area contributed by atoms with E-state index in [9.17, 15) is 19.6 Å². The van der Waals surface area contributed by atoms with Gasteiger partial charge in [-0.25, -0.2) is 4.79 Å². The van der Waals surface area contributed by atoms with Gasteiger partial charge in [-0.3, -0.25) is 18.7 Å². The molecule has 1 amide bonds. The van der Waals surface area contributed by atoms with E-state index in [1.807, 2.05) is 49.4 Å². The average molecular weight is 431 g/mol. The molecule has 7 nitrogen and oxygen atoms in total. The Morgan fingerprint density at radius 3 is 2.31 bits per heavy atom. The standard InChI is InChI=1S/C25H26N4O3/c1-4-9-20-14-23(30)29(17-24(31)27(2)3)25(32)28(20)16-19-11-6-8-13-22(19)21-12-7-5-10-18(21)15-26/h5-8,10-14H,4,9,16-17H2,1-3H3. The van der Waals surface area contributed by atoms with E-state index in [0.717, 1.165) is 27.7 Å². The smallest absolute Gasteiger partial charge is 0.331 e. The van der Waals surface area contributed by atoms with Crippen LogP contribution in [-0.2, 0) is 24.3 Å².